The monoisotopic (exact) mass is 631 g/mol. The van der Waals surface area contributed by atoms with Gasteiger partial charge in [0.15, 0.2) is 10.1 Å². The zero-order valence-corrected chi connectivity index (χ0v) is 25.5. The summed E-state index contributed by atoms with van der Waals surface area (Å²) in [6, 6.07) is 30.9. The third-order valence-electron chi connectivity index (χ3n) is 7.33. The summed E-state index contributed by atoms with van der Waals surface area (Å²) in [5.41, 5.74) is 3.06. The number of carbonyl (C=O) groups excluding carboxylic acids is 2. The summed E-state index contributed by atoms with van der Waals surface area (Å²) < 4.78 is 8.43. The smallest absolute Gasteiger partial charge is 0.301 e. The second-order valence-electron chi connectivity index (χ2n) is 10.3. The van der Waals surface area contributed by atoms with Crippen LogP contribution in [-0.4, -0.2) is 36.4 Å². The number of hydrogen-bond donors (Lipinski definition) is 1. The highest BCUT2D eigenvalue weighted by Crippen LogP contribution is 2.45. The summed E-state index contributed by atoms with van der Waals surface area (Å²) in [7, 11) is 0. The Balaban J connectivity index is 1.33. The molecule has 1 aliphatic heterocycles. The lowest BCUT2D eigenvalue weighted by atomic mass is 9.96. The van der Waals surface area contributed by atoms with Crippen molar-refractivity contribution in [2.75, 3.05) is 4.90 Å². The number of fused-ring (bicyclic) bond motifs is 1. The summed E-state index contributed by atoms with van der Waals surface area (Å²) in [5.74, 6) is -0.149. The van der Waals surface area contributed by atoms with E-state index in [0.29, 0.717) is 44.2 Å². The molecular formula is C34H25N5O4S2. The topological polar surface area (TPSA) is 110 Å². The number of aromatic nitrogens is 4. The highest BCUT2D eigenvalue weighted by molar-refractivity contribution is 8.00. The van der Waals surface area contributed by atoms with Crippen LogP contribution in [0.4, 0.5) is 5.13 Å². The zero-order valence-electron chi connectivity index (χ0n) is 23.9. The number of benzene rings is 3. The molecule has 1 N–H and O–H groups in total. The minimum absolute atomic E-state index is 0.0701. The number of aryl methyl sites for hydroxylation is 1. The molecule has 1 saturated heterocycles. The summed E-state index contributed by atoms with van der Waals surface area (Å²) >= 11 is 2.71. The summed E-state index contributed by atoms with van der Waals surface area (Å²) in [6.07, 6.45) is 1.75. The number of Topliss-reactive ketones (excluding diaryl/α,β-unsaturated/α-hetero) is 1. The Kier molecular flexibility index (Phi) is 7.62. The van der Waals surface area contributed by atoms with Crippen molar-refractivity contribution in [2.45, 2.75) is 23.1 Å². The lowest BCUT2D eigenvalue weighted by Crippen LogP contribution is -2.29. The van der Waals surface area contributed by atoms with Gasteiger partial charge in [-0.05, 0) is 54.4 Å². The molecule has 3 aromatic heterocycles. The summed E-state index contributed by atoms with van der Waals surface area (Å²) in [4.78, 5) is 33.5. The fourth-order valence-electron chi connectivity index (χ4n) is 5.32. The molecule has 1 amide bonds. The number of ketones is 1. The van der Waals surface area contributed by atoms with Gasteiger partial charge in [0.1, 0.15) is 22.8 Å². The number of hydrogen-bond acceptors (Lipinski definition) is 9. The van der Waals surface area contributed by atoms with Gasteiger partial charge in [0.25, 0.3) is 5.78 Å². The Morgan fingerprint density at radius 2 is 1.64 bits per heavy atom. The lowest BCUT2D eigenvalue weighted by Gasteiger charge is -2.23. The fourth-order valence-corrected chi connectivity index (χ4v) is 7.15. The van der Waals surface area contributed by atoms with E-state index in [1.54, 1.807) is 53.9 Å². The number of rotatable bonds is 8. The van der Waals surface area contributed by atoms with Gasteiger partial charge in [-0.2, -0.15) is 0 Å². The van der Waals surface area contributed by atoms with Crippen molar-refractivity contribution in [3.8, 4) is 11.5 Å². The predicted molar refractivity (Wildman–Crippen MR) is 174 cm³/mol. The molecule has 222 valence electrons. The Morgan fingerprint density at radius 3 is 2.44 bits per heavy atom. The quantitative estimate of drug-likeness (QED) is 0.0617. The molecule has 0 bridgehead atoms. The molecule has 0 aliphatic carbocycles. The van der Waals surface area contributed by atoms with Crippen LogP contribution in [0.25, 0.3) is 11.4 Å². The highest BCUT2D eigenvalue weighted by Gasteiger charge is 2.49. The SMILES string of the molecule is Cc1nc2ccccn2c1C(O)=C1C(=O)C(=O)N(c2nnc(SCc3ccccc3)s2)C1c1cccc(Oc2ccccc2)c1. The lowest BCUT2D eigenvalue weighted by molar-refractivity contribution is -0.132. The van der Waals surface area contributed by atoms with Crippen LogP contribution in [0, 0.1) is 6.92 Å². The molecule has 1 aliphatic rings. The minimum Gasteiger partial charge on any atom is -0.505 e. The molecule has 4 heterocycles. The van der Waals surface area contributed by atoms with Crippen molar-refractivity contribution in [1.29, 1.82) is 0 Å². The minimum atomic E-state index is -1.00. The maximum Gasteiger partial charge on any atom is 0.301 e. The molecule has 6 aromatic rings. The van der Waals surface area contributed by atoms with Gasteiger partial charge in [0, 0.05) is 11.9 Å². The number of para-hydroxylation sites is 1. The van der Waals surface area contributed by atoms with E-state index < -0.39 is 17.7 Å². The highest BCUT2D eigenvalue weighted by atomic mass is 32.2. The third-order valence-corrected chi connectivity index (χ3v) is 9.46. The second-order valence-corrected chi connectivity index (χ2v) is 12.4. The standard InChI is InChI=1S/C34H25N5O4S2/c1-21-28(38-18-9-8-17-26(38)35-21)30(40)27-29(23-13-10-16-25(19-23)43-24-14-6-3-7-15-24)39(32(42)31(27)41)33-36-37-34(45-33)44-20-22-11-4-2-5-12-22/h2-19,29,40H,20H2,1H3. The van der Waals surface area contributed by atoms with Gasteiger partial charge in [-0.15, -0.1) is 10.2 Å². The van der Waals surface area contributed by atoms with Crippen LogP contribution in [-0.2, 0) is 15.3 Å². The van der Waals surface area contributed by atoms with Crippen molar-refractivity contribution in [3.63, 3.8) is 0 Å². The van der Waals surface area contributed by atoms with E-state index in [9.17, 15) is 14.7 Å². The molecule has 11 heteroatoms. The van der Waals surface area contributed by atoms with Gasteiger partial charge in [-0.25, -0.2) is 4.98 Å². The number of aliphatic hydroxyl groups excluding tert-OH is 1. The van der Waals surface area contributed by atoms with Crippen LogP contribution in [0.1, 0.15) is 28.6 Å². The first kappa shape index (κ1) is 28.5. The molecule has 7 rings (SSSR count). The molecule has 1 unspecified atom stereocenters. The van der Waals surface area contributed by atoms with Crippen molar-refractivity contribution in [3.05, 3.63) is 137 Å². The van der Waals surface area contributed by atoms with Crippen molar-refractivity contribution in [2.24, 2.45) is 0 Å². The Labute approximate surface area is 266 Å². The number of pyridine rings is 1. The molecule has 0 radical (unpaired) electrons. The normalized spacial score (nSPS) is 16.0. The number of thioether (sulfide) groups is 1. The van der Waals surface area contributed by atoms with Crippen LogP contribution in [0.5, 0.6) is 11.5 Å². The average molecular weight is 632 g/mol. The predicted octanol–water partition coefficient (Wildman–Crippen LogP) is 7.21. The van der Waals surface area contributed by atoms with Crippen LogP contribution in [0.2, 0.25) is 0 Å². The van der Waals surface area contributed by atoms with E-state index in [1.807, 2.05) is 66.7 Å². The van der Waals surface area contributed by atoms with Crippen LogP contribution >= 0.6 is 23.1 Å². The molecular weight excluding hydrogens is 607 g/mol. The first-order valence-corrected chi connectivity index (χ1v) is 15.9. The molecule has 45 heavy (non-hydrogen) atoms. The maximum absolute atomic E-state index is 13.8. The number of amides is 1. The Hall–Kier alpha value is -5.26. The fraction of sp³-hybridized carbons (Fsp3) is 0.0882. The molecule has 0 spiro atoms. The summed E-state index contributed by atoms with van der Waals surface area (Å²) in [5, 5.41) is 20.7. The number of carbonyl (C=O) groups is 2. The van der Waals surface area contributed by atoms with E-state index in [2.05, 4.69) is 15.2 Å². The van der Waals surface area contributed by atoms with Crippen LogP contribution in [0.3, 0.4) is 0 Å². The number of nitrogens with zero attached hydrogens (tertiary/aromatic N) is 5. The van der Waals surface area contributed by atoms with E-state index in [1.165, 1.54) is 28.0 Å². The molecule has 3 aromatic carbocycles. The molecule has 9 nitrogen and oxygen atoms in total. The second kappa shape index (κ2) is 12.0. The largest absolute Gasteiger partial charge is 0.505 e. The average Bonchev–Trinajstić information content (AvgIpc) is 3.74. The van der Waals surface area contributed by atoms with Gasteiger partial charge in [-0.1, -0.05) is 89.8 Å². The number of aliphatic hydroxyl groups is 1. The first-order valence-electron chi connectivity index (χ1n) is 14.1. The zero-order chi connectivity index (χ0) is 30.9. The third kappa shape index (κ3) is 5.47. The van der Waals surface area contributed by atoms with Crippen molar-refractivity contribution >= 4 is 51.3 Å². The van der Waals surface area contributed by atoms with E-state index in [-0.39, 0.29) is 16.5 Å². The van der Waals surface area contributed by atoms with Crippen molar-refractivity contribution < 1.29 is 19.4 Å². The summed E-state index contributed by atoms with van der Waals surface area (Å²) in [6.45, 7) is 1.75. The van der Waals surface area contributed by atoms with Crippen molar-refractivity contribution in [1.82, 2.24) is 19.6 Å². The van der Waals surface area contributed by atoms with Gasteiger partial charge < -0.3 is 9.84 Å². The number of imidazole rings is 1. The van der Waals surface area contributed by atoms with Crippen LogP contribution < -0.4 is 9.64 Å². The van der Waals surface area contributed by atoms with Gasteiger partial charge in [-0.3, -0.25) is 18.9 Å². The van der Waals surface area contributed by atoms with Gasteiger partial charge >= 0.3 is 5.91 Å². The first-order chi connectivity index (χ1) is 22.0. The van der Waals surface area contributed by atoms with Crippen LogP contribution in [0.15, 0.2) is 119 Å². The molecule has 0 saturated carbocycles. The number of ether oxygens (including phenoxy) is 1. The molecule has 1 fully saturated rings. The number of anilines is 1. The van der Waals surface area contributed by atoms with E-state index >= 15 is 0 Å². The van der Waals surface area contributed by atoms with Gasteiger partial charge in [0.05, 0.1) is 17.3 Å². The van der Waals surface area contributed by atoms with E-state index in [0.717, 1.165) is 5.56 Å². The van der Waals surface area contributed by atoms with E-state index in [4.69, 9.17) is 4.74 Å². The Morgan fingerprint density at radius 1 is 0.911 bits per heavy atom. The maximum atomic E-state index is 13.8. The van der Waals surface area contributed by atoms with Gasteiger partial charge in [0.2, 0.25) is 5.13 Å². The Bertz CT molecular complexity index is 2070. The molecule has 1 atom stereocenters.